The fourth-order valence-corrected chi connectivity index (χ4v) is 4.28. The summed E-state index contributed by atoms with van der Waals surface area (Å²) < 4.78 is 25.9. The fourth-order valence-electron chi connectivity index (χ4n) is 1.73. The molecule has 0 aromatic heterocycles. The molecule has 5 heteroatoms. The van der Waals surface area contributed by atoms with Gasteiger partial charge in [-0.15, -0.1) is 0 Å². The number of alkyl halides is 1. The molecule has 2 atom stereocenters. The normalized spacial score (nSPS) is 35.2. The molecule has 2 saturated carbocycles. The van der Waals surface area contributed by atoms with Gasteiger partial charge in [0, 0.05) is 10.9 Å². The van der Waals surface area contributed by atoms with Gasteiger partial charge in [0.25, 0.3) is 0 Å². The van der Waals surface area contributed by atoms with Crippen LogP contribution in [0.1, 0.15) is 32.1 Å². The lowest BCUT2D eigenvalue weighted by Gasteiger charge is -2.15. The lowest BCUT2D eigenvalue weighted by Crippen LogP contribution is -2.39. The molecule has 2 unspecified atom stereocenters. The van der Waals surface area contributed by atoms with Crippen LogP contribution in [0.2, 0.25) is 0 Å². The van der Waals surface area contributed by atoms with Crippen molar-refractivity contribution in [3.63, 3.8) is 0 Å². The first-order chi connectivity index (χ1) is 6.09. The molecule has 0 aliphatic heterocycles. The molecule has 0 amide bonds. The predicted molar refractivity (Wildman–Crippen MR) is 55.4 cm³/mol. The van der Waals surface area contributed by atoms with Gasteiger partial charge in [-0.1, -0.05) is 22.4 Å². The molecule has 0 aromatic rings. The Morgan fingerprint density at radius 1 is 1.15 bits per heavy atom. The molecule has 76 valence electrons. The Bertz CT molecular complexity index is 287. The van der Waals surface area contributed by atoms with Crippen LogP contribution < -0.4 is 4.72 Å². The Morgan fingerprint density at radius 2 is 1.85 bits per heavy atom. The van der Waals surface area contributed by atoms with E-state index in [0.29, 0.717) is 4.83 Å². The zero-order chi connectivity index (χ0) is 9.47. The van der Waals surface area contributed by atoms with E-state index in [1.165, 1.54) is 0 Å². The van der Waals surface area contributed by atoms with Crippen molar-refractivity contribution in [3.05, 3.63) is 0 Å². The van der Waals surface area contributed by atoms with E-state index in [1.807, 2.05) is 0 Å². The average Bonchev–Trinajstić information content (AvgIpc) is 2.80. The summed E-state index contributed by atoms with van der Waals surface area (Å²) in [4.78, 5) is 0.334. The molecule has 2 aliphatic carbocycles. The highest BCUT2D eigenvalue weighted by Gasteiger charge is 2.38. The molecule has 2 fully saturated rings. The van der Waals surface area contributed by atoms with Crippen molar-refractivity contribution in [1.82, 2.24) is 4.72 Å². The lowest BCUT2D eigenvalue weighted by atomic mass is 10.3. The second-order valence-electron chi connectivity index (χ2n) is 3.92. The summed E-state index contributed by atoms with van der Waals surface area (Å²) >= 11 is 3.50. The summed E-state index contributed by atoms with van der Waals surface area (Å²) in [6, 6.07) is 0.130. The quantitative estimate of drug-likeness (QED) is 0.786. The van der Waals surface area contributed by atoms with Crippen LogP contribution in [-0.4, -0.2) is 24.5 Å². The number of rotatable bonds is 3. The summed E-state index contributed by atoms with van der Waals surface area (Å²) in [7, 11) is -2.98. The minimum absolute atomic E-state index is 0.0900. The van der Waals surface area contributed by atoms with E-state index < -0.39 is 10.0 Å². The summed E-state index contributed by atoms with van der Waals surface area (Å²) in [5, 5.41) is -0.0900. The number of sulfonamides is 1. The van der Waals surface area contributed by atoms with E-state index in [1.54, 1.807) is 0 Å². The van der Waals surface area contributed by atoms with Gasteiger partial charge in [-0.05, 0) is 25.7 Å². The Hall–Kier alpha value is 0.390. The van der Waals surface area contributed by atoms with Gasteiger partial charge < -0.3 is 0 Å². The van der Waals surface area contributed by atoms with Crippen LogP contribution in [0.5, 0.6) is 0 Å². The number of nitrogens with one attached hydrogen (secondary N) is 1. The molecule has 0 heterocycles. The molecular formula is C8H14BrNO2S. The molecule has 0 spiro atoms. The number of hydrogen-bond donors (Lipinski definition) is 1. The van der Waals surface area contributed by atoms with E-state index in [2.05, 4.69) is 20.7 Å². The molecule has 1 N–H and O–H groups in total. The van der Waals surface area contributed by atoms with Crippen molar-refractivity contribution in [2.75, 3.05) is 0 Å². The third-order valence-corrected chi connectivity index (χ3v) is 5.79. The van der Waals surface area contributed by atoms with Crippen LogP contribution in [0.4, 0.5) is 0 Å². The highest BCUT2D eigenvalue weighted by atomic mass is 79.9. The highest BCUT2D eigenvalue weighted by Crippen LogP contribution is 2.31. The maximum atomic E-state index is 11.6. The molecule has 2 rings (SSSR count). The molecule has 0 saturated heterocycles. The fraction of sp³-hybridized carbons (Fsp3) is 1.00. The SMILES string of the molecule is O=S(=O)(NC1CCCC1Br)C1CC1. The summed E-state index contributed by atoms with van der Waals surface area (Å²) in [6.45, 7) is 0. The summed E-state index contributed by atoms with van der Waals surface area (Å²) in [6.07, 6.45) is 4.86. The Kier molecular flexibility index (Phi) is 2.68. The third-order valence-electron chi connectivity index (χ3n) is 2.71. The summed E-state index contributed by atoms with van der Waals surface area (Å²) in [5.74, 6) is 0. The molecule has 13 heavy (non-hydrogen) atoms. The zero-order valence-corrected chi connectivity index (χ0v) is 9.77. The predicted octanol–water partition coefficient (Wildman–Crippen LogP) is 1.38. The van der Waals surface area contributed by atoms with Crippen LogP contribution in [0.25, 0.3) is 0 Å². The van der Waals surface area contributed by atoms with Gasteiger partial charge in [-0.2, -0.15) is 0 Å². The first-order valence-electron chi connectivity index (χ1n) is 4.75. The maximum Gasteiger partial charge on any atom is 0.214 e. The molecule has 2 aliphatic rings. The molecule has 0 aromatic carbocycles. The molecule has 3 nitrogen and oxygen atoms in total. The second-order valence-corrected chi connectivity index (χ2v) is 7.08. The molecule has 0 radical (unpaired) electrons. The topological polar surface area (TPSA) is 46.2 Å². The Morgan fingerprint density at radius 3 is 2.31 bits per heavy atom. The molecular weight excluding hydrogens is 254 g/mol. The van der Waals surface area contributed by atoms with E-state index in [-0.39, 0.29) is 11.3 Å². The molecule has 0 bridgehead atoms. The van der Waals surface area contributed by atoms with Crippen LogP contribution in [0.3, 0.4) is 0 Å². The maximum absolute atomic E-state index is 11.6. The summed E-state index contributed by atoms with van der Waals surface area (Å²) in [5.41, 5.74) is 0. The van der Waals surface area contributed by atoms with Gasteiger partial charge in [-0.3, -0.25) is 0 Å². The van der Waals surface area contributed by atoms with Gasteiger partial charge in [0.2, 0.25) is 10.0 Å². The zero-order valence-electron chi connectivity index (χ0n) is 7.37. The van der Waals surface area contributed by atoms with Gasteiger partial charge in [-0.25, -0.2) is 13.1 Å². The van der Waals surface area contributed by atoms with E-state index >= 15 is 0 Å². The van der Waals surface area contributed by atoms with Crippen molar-refractivity contribution < 1.29 is 8.42 Å². The van der Waals surface area contributed by atoms with Gasteiger partial charge in [0.05, 0.1) is 5.25 Å². The largest absolute Gasteiger partial charge is 0.214 e. The van der Waals surface area contributed by atoms with Crippen molar-refractivity contribution >= 4 is 26.0 Å². The minimum Gasteiger partial charge on any atom is -0.212 e. The standard InChI is InChI=1S/C8H14BrNO2S/c9-7-2-1-3-8(7)10-13(11,12)6-4-5-6/h6-8,10H,1-5H2. The Balaban J connectivity index is 1.96. The van der Waals surface area contributed by atoms with E-state index in [9.17, 15) is 8.42 Å². The van der Waals surface area contributed by atoms with E-state index in [4.69, 9.17) is 0 Å². The van der Waals surface area contributed by atoms with Crippen molar-refractivity contribution in [1.29, 1.82) is 0 Å². The first kappa shape index (κ1) is 9.93. The minimum atomic E-state index is -2.98. The van der Waals surface area contributed by atoms with E-state index in [0.717, 1.165) is 32.1 Å². The van der Waals surface area contributed by atoms with Crippen molar-refractivity contribution in [3.8, 4) is 0 Å². The van der Waals surface area contributed by atoms with Crippen molar-refractivity contribution in [2.45, 2.75) is 48.2 Å². The average molecular weight is 268 g/mol. The van der Waals surface area contributed by atoms with Crippen molar-refractivity contribution in [2.24, 2.45) is 0 Å². The smallest absolute Gasteiger partial charge is 0.212 e. The Labute approximate surface area is 87.5 Å². The monoisotopic (exact) mass is 267 g/mol. The van der Waals surface area contributed by atoms with Gasteiger partial charge >= 0.3 is 0 Å². The first-order valence-corrected chi connectivity index (χ1v) is 7.21. The number of halogens is 1. The van der Waals surface area contributed by atoms with Crippen LogP contribution >= 0.6 is 15.9 Å². The lowest BCUT2D eigenvalue weighted by molar-refractivity contribution is 0.555. The van der Waals surface area contributed by atoms with Crippen LogP contribution in [0, 0.1) is 0 Å². The number of hydrogen-bond acceptors (Lipinski definition) is 2. The van der Waals surface area contributed by atoms with Gasteiger partial charge in [0.1, 0.15) is 0 Å². The highest BCUT2D eigenvalue weighted by molar-refractivity contribution is 9.09. The van der Waals surface area contributed by atoms with Gasteiger partial charge in [0.15, 0.2) is 0 Å². The van der Waals surface area contributed by atoms with Crippen LogP contribution in [-0.2, 0) is 10.0 Å². The van der Waals surface area contributed by atoms with Crippen LogP contribution in [0.15, 0.2) is 0 Å². The third kappa shape index (κ3) is 2.25. The second kappa shape index (κ2) is 3.51.